The minimum Gasteiger partial charge on any atom is -0.308 e. The van der Waals surface area contributed by atoms with E-state index >= 15 is 0 Å². The molecule has 0 spiro atoms. The summed E-state index contributed by atoms with van der Waals surface area (Å²) in [4.78, 5) is 18.6. The Morgan fingerprint density at radius 1 is 1.50 bits per heavy atom. The lowest BCUT2D eigenvalue weighted by molar-refractivity contribution is -0.118. The van der Waals surface area contributed by atoms with E-state index in [2.05, 4.69) is 28.2 Å². The molecule has 20 heavy (non-hydrogen) atoms. The normalized spacial score (nSPS) is 18.9. The van der Waals surface area contributed by atoms with E-state index in [1.165, 1.54) is 23.7 Å². The third-order valence-corrected chi connectivity index (χ3v) is 4.45. The maximum Gasteiger partial charge on any atom is 0.240 e. The molecule has 1 amide bonds. The number of aromatic nitrogens is 3. The number of aromatic amines is 1. The number of anilines is 1. The molecule has 1 aromatic carbocycles. The first kappa shape index (κ1) is 13.2. The summed E-state index contributed by atoms with van der Waals surface area (Å²) in [6.45, 7) is 3.99. The molecular weight excluding hydrogens is 272 g/mol. The molecule has 0 fully saturated rings. The molecule has 2 atom stereocenters. The van der Waals surface area contributed by atoms with Crippen LogP contribution in [0.2, 0.25) is 0 Å². The quantitative estimate of drug-likeness (QED) is 0.880. The molecule has 0 saturated carbocycles. The van der Waals surface area contributed by atoms with Gasteiger partial charge in [-0.25, -0.2) is 4.98 Å². The smallest absolute Gasteiger partial charge is 0.240 e. The van der Waals surface area contributed by atoms with Crippen molar-refractivity contribution < 1.29 is 4.79 Å². The second-order valence-corrected chi connectivity index (χ2v) is 6.27. The summed E-state index contributed by atoms with van der Waals surface area (Å²) < 4.78 is 0. The van der Waals surface area contributed by atoms with Gasteiger partial charge in [0.2, 0.25) is 5.91 Å². The van der Waals surface area contributed by atoms with Gasteiger partial charge in [0.15, 0.2) is 5.16 Å². The van der Waals surface area contributed by atoms with Gasteiger partial charge in [0.25, 0.3) is 0 Å². The van der Waals surface area contributed by atoms with Gasteiger partial charge < -0.3 is 4.90 Å². The van der Waals surface area contributed by atoms with Gasteiger partial charge in [-0.15, -0.1) is 0 Å². The molecule has 0 unspecified atom stereocenters. The molecule has 0 radical (unpaired) electrons. The standard InChI is InChI=1S/C14H16N4OS/c1-9-7-11-5-3-4-6-12(11)18(9)13(19)10(2)20-14-15-8-16-17-14/h3-6,8-10H,7H2,1-2H3,(H,15,16,17)/t9-,10+/m1/s1. The van der Waals surface area contributed by atoms with Crippen LogP contribution in [0.4, 0.5) is 5.69 Å². The van der Waals surface area contributed by atoms with Gasteiger partial charge in [0.05, 0.1) is 5.25 Å². The van der Waals surface area contributed by atoms with Crippen LogP contribution >= 0.6 is 11.8 Å². The number of rotatable bonds is 3. The third-order valence-electron chi connectivity index (χ3n) is 3.47. The maximum absolute atomic E-state index is 12.7. The summed E-state index contributed by atoms with van der Waals surface area (Å²) >= 11 is 1.40. The number of carbonyl (C=O) groups excluding carboxylic acids is 1. The Morgan fingerprint density at radius 2 is 2.30 bits per heavy atom. The van der Waals surface area contributed by atoms with Gasteiger partial charge in [-0.05, 0) is 31.9 Å². The largest absolute Gasteiger partial charge is 0.308 e. The third kappa shape index (κ3) is 2.31. The fraction of sp³-hybridized carbons (Fsp3) is 0.357. The Kier molecular flexibility index (Phi) is 3.48. The van der Waals surface area contributed by atoms with Crippen LogP contribution in [0.5, 0.6) is 0 Å². The predicted octanol–water partition coefficient (Wildman–Crippen LogP) is 2.26. The van der Waals surface area contributed by atoms with Crippen LogP contribution < -0.4 is 4.90 Å². The van der Waals surface area contributed by atoms with Gasteiger partial charge in [-0.3, -0.25) is 9.89 Å². The highest BCUT2D eigenvalue weighted by molar-refractivity contribution is 8.00. The molecule has 1 N–H and O–H groups in total. The van der Waals surface area contributed by atoms with Crippen molar-refractivity contribution in [1.82, 2.24) is 15.2 Å². The van der Waals surface area contributed by atoms with Crippen LogP contribution in [-0.2, 0) is 11.2 Å². The molecule has 0 bridgehead atoms. The SMILES string of the molecule is C[C@H](Sc1ncn[nH]1)C(=O)N1c2ccccc2C[C@H]1C. The number of thioether (sulfide) groups is 1. The van der Waals surface area contributed by atoms with Crippen LogP contribution in [0.15, 0.2) is 35.7 Å². The van der Waals surface area contributed by atoms with E-state index < -0.39 is 0 Å². The number of nitrogens with one attached hydrogen (secondary N) is 1. The first-order valence-corrected chi connectivity index (χ1v) is 7.48. The van der Waals surface area contributed by atoms with Gasteiger partial charge >= 0.3 is 0 Å². The fourth-order valence-corrected chi connectivity index (χ4v) is 3.33. The molecule has 1 aliphatic heterocycles. The Balaban J connectivity index is 1.80. The van der Waals surface area contributed by atoms with E-state index in [4.69, 9.17) is 0 Å². The lowest BCUT2D eigenvalue weighted by atomic mass is 10.1. The van der Waals surface area contributed by atoms with Crippen LogP contribution in [-0.4, -0.2) is 32.4 Å². The summed E-state index contributed by atoms with van der Waals surface area (Å²) in [6.07, 6.45) is 2.37. The molecule has 3 rings (SSSR count). The van der Waals surface area contributed by atoms with Crippen molar-refractivity contribution in [2.75, 3.05) is 4.90 Å². The Bertz CT molecular complexity index is 613. The predicted molar refractivity (Wildman–Crippen MR) is 78.8 cm³/mol. The monoisotopic (exact) mass is 288 g/mol. The summed E-state index contributed by atoms with van der Waals surface area (Å²) in [5.41, 5.74) is 2.28. The van der Waals surface area contributed by atoms with Gasteiger partial charge in [-0.1, -0.05) is 30.0 Å². The van der Waals surface area contributed by atoms with E-state index in [0.29, 0.717) is 5.16 Å². The number of H-pyrrole nitrogens is 1. The minimum absolute atomic E-state index is 0.115. The number of nitrogens with zero attached hydrogens (tertiary/aromatic N) is 3. The fourth-order valence-electron chi connectivity index (χ4n) is 2.57. The zero-order valence-electron chi connectivity index (χ0n) is 11.4. The lowest BCUT2D eigenvalue weighted by Gasteiger charge is -2.25. The van der Waals surface area contributed by atoms with E-state index in [9.17, 15) is 4.79 Å². The Morgan fingerprint density at radius 3 is 3.05 bits per heavy atom. The lowest BCUT2D eigenvalue weighted by Crippen LogP contribution is -2.40. The van der Waals surface area contributed by atoms with Gasteiger partial charge in [-0.2, -0.15) is 5.10 Å². The first-order valence-electron chi connectivity index (χ1n) is 6.60. The van der Waals surface area contributed by atoms with Crippen molar-refractivity contribution in [3.05, 3.63) is 36.2 Å². The van der Waals surface area contributed by atoms with Crippen molar-refractivity contribution in [3.63, 3.8) is 0 Å². The van der Waals surface area contributed by atoms with Crippen molar-refractivity contribution >= 4 is 23.4 Å². The molecule has 1 aliphatic rings. The second kappa shape index (κ2) is 5.28. The summed E-state index contributed by atoms with van der Waals surface area (Å²) in [7, 11) is 0. The van der Waals surface area contributed by atoms with Crippen LogP contribution in [0, 0.1) is 0 Å². The van der Waals surface area contributed by atoms with E-state index in [-0.39, 0.29) is 17.2 Å². The average Bonchev–Trinajstić information content (AvgIpc) is 3.04. The van der Waals surface area contributed by atoms with E-state index in [1.807, 2.05) is 30.0 Å². The molecule has 6 heteroatoms. The van der Waals surface area contributed by atoms with Crippen molar-refractivity contribution in [2.45, 2.75) is 36.7 Å². The van der Waals surface area contributed by atoms with E-state index in [0.717, 1.165) is 12.1 Å². The van der Waals surface area contributed by atoms with Crippen LogP contribution in [0.3, 0.4) is 0 Å². The number of carbonyl (C=O) groups is 1. The molecule has 0 aliphatic carbocycles. The minimum atomic E-state index is -0.198. The second-order valence-electron chi connectivity index (χ2n) is 4.94. The zero-order chi connectivity index (χ0) is 14.1. The summed E-state index contributed by atoms with van der Waals surface area (Å²) in [5, 5.41) is 7.05. The number of hydrogen-bond donors (Lipinski definition) is 1. The van der Waals surface area contributed by atoms with E-state index in [1.54, 1.807) is 0 Å². The number of fused-ring (bicyclic) bond motifs is 1. The molecule has 2 heterocycles. The van der Waals surface area contributed by atoms with Crippen LogP contribution in [0.1, 0.15) is 19.4 Å². The first-order chi connectivity index (χ1) is 9.66. The summed E-state index contributed by atoms with van der Waals surface area (Å²) in [5.74, 6) is 0.115. The number of hydrogen-bond acceptors (Lipinski definition) is 4. The molecule has 104 valence electrons. The number of benzene rings is 1. The van der Waals surface area contributed by atoms with Crippen molar-refractivity contribution in [1.29, 1.82) is 0 Å². The summed E-state index contributed by atoms with van der Waals surface area (Å²) in [6, 6.07) is 8.31. The Hall–Kier alpha value is -1.82. The molecule has 1 aromatic heterocycles. The molecule has 2 aromatic rings. The highest BCUT2D eigenvalue weighted by Crippen LogP contribution is 2.34. The van der Waals surface area contributed by atoms with Crippen molar-refractivity contribution in [2.24, 2.45) is 0 Å². The van der Waals surface area contributed by atoms with Gasteiger partial charge in [0.1, 0.15) is 6.33 Å². The molecular formula is C14H16N4OS. The Labute approximate surface area is 121 Å². The topological polar surface area (TPSA) is 61.9 Å². The maximum atomic E-state index is 12.7. The number of para-hydroxylation sites is 1. The van der Waals surface area contributed by atoms with Crippen molar-refractivity contribution in [3.8, 4) is 0 Å². The highest BCUT2D eigenvalue weighted by Gasteiger charge is 2.33. The zero-order valence-corrected chi connectivity index (χ0v) is 12.2. The van der Waals surface area contributed by atoms with Gasteiger partial charge in [0, 0.05) is 11.7 Å². The average molecular weight is 288 g/mol. The van der Waals surface area contributed by atoms with Crippen LogP contribution in [0.25, 0.3) is 0 Å². The highest BCUT2D eigenvalue weighted by atomic mass is 32.2. The molecule has 0 saturated heterocycles. The molecule has 5 nitrogen and oxygen atoms in total. The number of amides is 1.